The van der Waals surface area contributed by atoms with E-state index in [0.717, 1.165) is 25.7 Å². The molecule has 9 atom stereocenters. The molecule has 4 heteroatoms. The predicted octanol–water partition coefficient (Wildman–Crippen LogP) is 2.75. The van der Waals surface area contributed by atoms with Crippen molar-refractivity contribution in [3.05, 3.63) is 0 Å². The molecule has 4 aliphatic carbocycles. The minimum Gasteiger partial charge on any atom is -0.390 e. The summed E-state index contributed by atoms with van der Waals surface area (Å²) in [6, 6.07) is 0. The van der Waals surface area contributed by atoms with Crippen LogP contribution in [-0.2, 0) is 9.59 Å². The van der Waals surface area contributed by atoms with Crippen LogP contribution in [0.4, 0.5) is 0 Å². The summed E-state index contributed by atoms with van der Waals surface area (Å²) in [4.78, 5) is 25.2. The lowest BCUT2D eigenvalue weighted by molar-refractivity contribution is -0.173. The fourth-order valence-electron chi connectivity index (χ4n) is 7.58. The van der Waals surface area contributed by atoms with Crippen molar-refractivity contribution in [2.24, 2.45) is 40.4 Å². The molecule has 2 N–H and O–H groups in total. The van der Waals surface area contributed by atoms with Crippen molar-refractivity contribution in [2.75, 3.05) is 0 Å². The Labute approximate surface area is 151 Å². The highest BCUT2D eigenvalue weighted by Crippen LogP contribution is 2.66. The highest BCUT2D eigenvalue weighted by atomic mass is 16.3. The Morgan fingerprint density at radius 3 is 2.52 bits per heavy atom. The largest absolute Gasteiger partial charge is 0.390 e. The first-order valence-electron chi connectivity index (χ1n) is 10.4. The molecule has 0 aromatic heterocycles. The summed E-state index contributed by atoms with van der Waals surface area (Å²) in [7, 11) is 0. The van der Waals surface area contributed by atoms with Gasteiger partial charge in [0, 0.05) is 18.3 Å². The Kier molecular flexibility index (Phi) is 3.70. The van der Waals surface area contributed by atoms with Crippen molar-refractivity contribution >= 4 is 11.6 Å². The fourth-order valence-corrected chi connectivity index (χ4v) is 7.58. The summed E-state index contributed by atoms with van der Waals surface area (Å²) < 4.78 is 8.00. The molecule has 4 saturated carbocycles. The van der Waals surface area contributed by atoms with Crippen LogP contribution in [0.5, 0.6) is 0 Å². The van der Waals surface area contributed by atoms with Gasteiger partial charge in [0.25, 0.3) is 0 Å². The van der Waals surface area contributed by atoms with Crippen molar-refractivity contribution in [2.45, 2.75) is 77.9 Å². The van der Waals surface area contributed by atoms with Crippen molar-refractivity contribution in [3.63, 3.8) is 0 Å². The summed E-state index contributed by atoms with van der Waals surface area (Å²) in [6.07, 6.45) is 1.80. The van der Waals surface area contributed by atoms with Crippen molar-refractivity contribution in [1.29, 1.82) is 0 Å². The van der Waals surface area contributed by atoms with Gasteiger partial charge in [-0.05, 0) is 74.0 Å². The van der Waals surface area contributed by atoms with E-state index < -0.39 is 12.2 Å². The number of carbonyl (C=O) groups is 2. The van der Waals surface area contributed by atoms with Gasteiger partial charge in [-0.2, -0.15) is 0 Å². The molecular formula is C21H32O4. The average Bonchev–Trinajstić information content (AvgIpc) is 2.88. The van der Waals surface area contributed by atoms with Gasteiger partial charge < -0.3 is 10.2 Å². The molecule has 0 spiro atoms. The molecule has 0 aromatic rings. The molecule has 0 bridgehead atoms. The number of Topliss-reactive ketones (excluding diaryl/α,β-unsaturated/α-hetero) is 2. The topological polar surface area (TPSA) is 74.6 Å². The maximum absolute atomic E-state index is 13.0. The maximum Gasteiger partial charge on any atom is 0.136 e. The van der Waals surface area contributed by atoms with E-state index in [4.69, 9.17) is 1.37 Å². The fraction of sp³-hybridized carbons (Fsp3) is 0.905. The molecule has 4 nitrogen and oxygen atoms in total. The standard InChI is InChI=1S/C21H32O4/c1-11(22)13-4-5-14-12-8-17(23)16-9-18(24)19(25)10-21(16,3)15(12)6-7-20(13,14)2/h12-16,18-19,24-25H,4-10H2,1-3H3/t12-,13+,14-,15-,16+,18-,19+,20+,21+/m0/s1/i18D. The minimum absolute atomic E-state index is 0.0000801. The Hall–Kier alpha value is -0.740. The van der Waals surface area contributed by atoms with Crippen molar-refractivity contribution < 1.29 is 21.2 Å². The zero-order valence-corrected chi connectivity index (χ0v) is 15.6. The number of ketones is 2. The number of fused-ring (bicyclic) bond motifs is 5. The monoisotopic (exact) mass is 349 g/mol. The van der Waals surface area contributed by atoms with Gasteiger partial charge in [-0.1, -0.05) is 13.8 Å². The van der Waals surface area contributed by atoms with Gasteiger partial charge in [0.1, 0.15) is 11.6 Å². The molecule has 140 valence electrons. The molecule has 0 aliphatic heterocycles. The van der Waals surface area contributed by atoms with Gasteiger partial charge in [-0.3, -0.25) is 9.59 Å². The van der Waals surface area contributed by atoms with Crippen LogP contribution in [0.15, 0.2) is 0 Å². The van der Waals surface area contributed by atoms with Crippen LogP contribution < -0.4 is 0 Å². The van der Waals surface area contributed by atoms with Crippen LogP contribution in [0.25, 0.3) is 0 Å². The van der Waals surface area contributed by atoms with Gasteiger partial charge >= 0.3 is 0 Å². The summed E-state index contributed by atoms with van der Waals surface area (Å²) in [5, 5.41) is 20.6. The number of hydrogen-bond donors (Lipinski definition) is 2. The van der Waals surface area contributed by atoms with E-state index in [1.54, 1.807) is 6.92 Å². The predicted molar refractivity (Wildman–Crippen MR) is 93.7 cm³/mol. The van der Waals surface area contributed by atoms with Gasteiger partial charge in [0.15, 0.2) is 0 Å². The first-order chi connectivity index (χ1) is 12.0. The number of aliphatic hydroxyl groups excluding tert-OH is 1. The van der Waals surface area contributed by atoms with Crippen LogP contribution in [-0.4, -0.2) is 34.0 Å². The first kappa shape index (κ1) is 16.4. The maximum atomic E-state index is 13.0. The van der Waals surface area contributed by atoms with Crippen molar-refractivity contribution in [3.8, 4) is 0 Å². The molecule has 0 radical (unpaired) electrons. The van der Waals surface area contributed by atoms with E-state index in [1.807, 2.05) is 0 Å². The lowest BCUT2D eigenvalue weighted by atomic mass is 9.44. The molecule has 4 aliphatic rings. The number of aliphatic hydroxyl groups is 2. The Morgan fingerprint density at radius 2 is 1.84 bits per heavy atom. The quantitative estimate of drug-likeness (QED) is 0.763. The van der Waals surface area contributed by atoms with E-state index in [9.17, 15) is 19.8 Å². The van der Waals surface area contributed by atoms with Crippen LogP contribution in [0.2, 0.25) is 0 Å². The Balaban J connectivity index is 1.68. The van der Waals surface area contributed by atoms with E-state index in [-0.39, 0.29) is 46.6 Å². The average molecular weight is 349 g/mol. The zero-order valence-electron chi connectivity index (χ0n) is 16.6. The van der Waals surface area contributed by atoms with Gasteiger partial charge in [-0.25, -0.2) is 0 Å². The van der Waals surface area contributed by atoms with Crippen molar-refractivity contribution in [1.82, 2.24) is 0 Å². The molecular weight excluding hydrogens is 316 g/mol. The molecule has 0 unspecified atom stereocenters. The lowest BCUT2D eigenvalue weighted by Gasteiger charge is -2.60. The summed E-state index contributed by atoms with van der Waals surface area (Å²) >= 11 is 0. The molecule has 0 aromatic carbocycles. The SMILES string of the molecule is [2H][C@]1(O)C[C@@H]2C(=O)C[C@@H]3[C@H](CC[C@]4(C)[C@@H](C(C)=O)CC[C@@H]34)[C@@]2(C)C[C@H]1O. The normalized spacial score (nSPS) is 58.8. The molecule has 4 fully saturated rings. The summed E-state index contributed by atoms with van der Waals surface area (Å²) in [6.45, 7) is 6.06. The second-order valence-electron chi connectivity index (χ2n) is 9.81. The van der Waals surface area contributed by atoms with Crippen LogP contribution in [0, 0.1) is 40.4 Å². The third-order valence-corrected chi connectivity index (χ3v) is 8.83. The molecule has 0 amide bonds. The first-order valence-corrected chi connectivity index (χ1v) is 9.94. The van der Waals surface area contributed by atoms with Crippen LogP contribution >= 0.6 is 0 Å². The summed E-state index contributed by atoms with van der Waals surface area (Å²) in [5.41, 5.74) is -0.345. The second-order valence-corrected chi connectivity index (χ2v) is 9.81. The van der Waals surface area contributed by atoms with Gasteiger partial charge in [0.05, 0.1) is 13.6 Å². The molecule has 0 saturated heterocycles. The Bertz CT molecular complexity index is 646. The lowest BCUT2D eigenvalue weighted by Crippen LogP contribution is -2.59. The van der Waals surface area contributed by atoms with E-state index in [1.165, 1.54) is 0 Å². The van der Waals surface area contributed by atoms with E-state index >= 15 is 0 Å². The number of rotatable bonds is 1. The molecule has 25 heavy (non-hydrogen) atoms. The number of hydrogen-bond acceptors (Lipinski definition) is 4. The molecule has 0 heterocycles. The smallest absolute Gasteiger partial charge is 0.136 e. The van der Waals surface area contributed by atoms with E-state index in [2.05, 4.69) is 13.8 Å². The van der Waals surface area contributed by atoms with Gasteiger partial charge in [-0.15, -0.1) is 0 Å². The molecule has 4 rings (SSSR count). The van der Waals surface area contributed by atoms with Crippen LogP contribution in [0.1, 0.15) is 67.1 Å². The number of carbonyl (C=O) groups excluding carboxylic acids is 2. The third-order valence-electron chi connectivity index (χ3n) is 8.83. The van der Waals surface area contributed by atoms with E-state index in [0.29, 0.717) is 24.7 Å². The zero-order chi connectivity index (χ0) is 19.1. The highest BCUT2D eigenvalue weighted by molar-refractivity contribution is 5.84. The van der Waals surface area contributed by atoms with Gasteiger partial charge in [0.2, 0.25) is 0 Å². The minimum atomic E-state index is -1.91. The van der Waals surface area contributed by atoms with Crippen LogP contribution in [0.3, 0.4) is 0 Å². The Morgan fingerprint density at radius 1 is 1.16 bits per heavy atom. The highest BCUT2D eigenvalue weighted by Gasteiger charge is 2.63. The third kappa shape index (κ3) is 2.32. The second kappa shape index (κ2) is 5.63. The summed E-state index contributed by atoms with van der Waals surface area (Å²) in [5.74, 6) is 1.23.